The van der Waals surface area contributed by atoms with Gasteiger partial charge in [0.25, 0.3) is 0 Å². The van der Waals surface area contributed by atoms with Crippen LogP contribution < -0.4 is 5.32 Å². The molecule has 1 aromatic rings. The summed E-state index contributed by atoms with van der Waals surface area (Å²) in [5, 5.41) is 2.63. The molecule has 1 fully saturated rings. The van der Waals surface area contributed by atoms with E-state index in [2.05, 4.69) is 15.3 Å². The van der Waals surface area contributed by atoms with Gasteiger partial charge in [-0.05, 0) is 13.8 Å². The lowest BCUT2D eigenvalue weighted by Crippen LogP contribution is -2.63. The highest BCUT2D eigenvalue weighted by Crippen LogP contribution is 2.20. The monoisotopic (exact) mass is 268 g/mol. The van der Waals surface area contributed by atoms with Crippen molar-refractivity contribution in [1.29, 1.82) is 0 Å². The first kappa shape index (κ1) is 12.9. The van der Waals surface area contributed by atoms with E-state index in [1.54, 1.807) is 18.7 Å². The minimum Gasteiger partial charge on any atom is -0.294 e. The summed E-state index contributed by atoms with van der Waals surface area (Å²) in [4.78, 5) is 32.9. The summed E-state index contributed by atoms with van der Waals surface area (Å²) >= 11 is 5.65. The van der Waals surface area contributed by atoms with Crippen molar-refractivity contribution in [3.05, 3.63) is 23.2 Å². The van der Waals surface area contributed by atoms with Gasteiger partial charge in [-0.1, -0.05) is 11.6 Å². The molecule has 0 atom stereocenters. The van der Waals surface area contributed by atoms with Gasteiger partial charge < -0.3 is 0 Å². The Morgan fingerprint density at radius 3 is 2.72 bits per heavy atom. The van der Waals surface area contributed by atoms with Crippen molar-refractivity contribution in [2.75, 3.05) is 6.54 Å². The quantitative estimate of drug-likeness (QED) is 0.784. The van der Waals surface area contributed by atoms with Crippen LogP contribution in [0.25, 0.3) is 0 Å². The van der Waals surface area contributed by atoms with E-state index in [9.17, 15) is 9.59 Å². The molecule has 0 bridgehead atoms. The summed E-state index contributed by atoms with van der Waals surface area (Å²) < 4.78 is 0. The third-order valence-electron chi connectivity index (χ3n) is 2.96. The smallest absolute Gasteiger partial charge is 0.246 e. The zero-order valence-corrected chi connectivity index (χ0v) is 10.9. The summed E-state index contributed by atoms with van der Waals surface area (Å²) in [6.07, 6.45) is 2.98. The highest BCUT2D eigenvalue weighted by atomic mass is 35.5. The SMILES string of the molecule is CC1(C)C(=O)NC(=O)CN1Cc1cnc(Cl)cn1. The molecule has 2 rings (SSSR count). The molecular weight excluding hydrogens is 256 g/mol. The van der Waals surface area contributed by atoms with Gasteiger partial charge in [0.2, 0.25) is 11.8 Å². The number of imide groups is 1. The number of carbonyl (C=O) groups is 2. The molecule has 7 heteroatoms. The molecule has 0 saturated carbocycles. The van der Waals surface area contributed by atoms with Gasteiger partial charge in [0.15, 0.2) is 0 Å². The van der Waals surface area contributed by atoms with Crippen molar-refractivity contribution in [2.45, 2.75) is 25.9 Å². The summed E-state index contributed by atoms with van der Waals surface area (Å²) in [5.74, 6) is -0.609. The lowest BCUT2D eigenvalue weighted by Gasteiger charge is -2.39. The Hall–Kier alpha value is -1.53. The molecule has 2 amide bonds. The maximum absolute atomic E-state index is 11.8. The minimum absolute atomic E-state index is 0.156. The number of nitrogens with one attached hydrogen (secondary N) is 1. The second kappa shape index (κ2) is 4.62. The normalized spacial score (nSPS) is 19.7. The molecule has 6 nitrogen and oxygen atoms in total. The van der Waals surface area contributed by atoms with Crippen LogP contribution in [0, 0.1) is 0 Å². The Balaban J connectivity index is 2.18. The van der Waals surface area contributed by atoms with E-state index in [1.807, 2.05) is 0 Å². The highest BCUT2D eigenvalue weighted by molar-refractivity contribution is 6.29. The zero-order valence-electron chi connectivity index (χ0n) is 10.1. The van der Waals surface area contributed by atoms with Crippen molar-refractivity contribution in [1.82, 2.24) is 20.2 Å². The topological polar surface area (TPSA) is 75.2 Å². The fraction of sp³-hybridized carbons (Fsp3) is 0.455. The fourth-order valence-electron chi connectivity index (χ4n) is 1.70. The van der Waals surface area contributed by atoms with Crippen LogP contribution in [0.5, 0.6) is 0 Å². The minimum atomic E-state index is -0.755. The number of halogens is 1. The molecular formula is C11H13ClN4O2. The van der Waals surface area contributed by atoms with E-state index < -0.39 is 5.54 Å². The van der Waals surface area contributed by atoms with E-state index in [4.69, 9.17) is 11.6 Å². The number of aromatic nitrogens is 2. The number of piperazine rings is 1. The van der Waals surface area contributed by atoms with Crippen LogP contribution in [-0.4, -0.2) is 38.8 Å². The van der Waals surface area contributed by atoms with Crippen LogP contribution in [0.2, 0.25) is 5.15 Å². The molecule has 0 spiro atoms. The van der Waals surface area contributed by atoms with Gasteiger partial charge in [0.1, 0.15) is 5.15 Å². The number of nitrogens with zero attached hydrogens (tertiary/aromatic N) is 3. The van der Waals surface area contributed by atoms with Crippen molar-refractivity contribution in [3.63, 3.8) is 0 Å². The van der Waals surface area contributed by atoms with Gasteiger partial charge in [-0.25, -0.2) is 4.98 Å². The first-order valence-electron chi connectivity index (χ1n) is 5.45. The van der Waals surface area contributed by atoms with Crippen LogP contribution in [0.4, 0.5) is 0 Å². The first-order valence-corrected chi connectivity index (χ1v) is 5.83. The predicted octanol–water partition coefficient (Wildman–Crippen LogP) is 0.367. The lowest BCUT2D eigenvalue weighted by molar-refractivity contribution is -0.145. The van der Waals surface area contributed by atoms with Crippen molar-refractivity contribution < 1.29 is 9.59 Å². The van der Waals surface area contributed by atoms with Crippen LogP contribution in [0.1, 0.15) is 19.5 Å². The number of hydrogen-bond donors (Lipinski definition) is 1. The molecule has 1 N–H and O–H groups in total. The Morgan fingerprint density at radius 1 is 1.39 bits per heavy atom. The number of carbonyl (C=O) groups excluding carboxylic acids is 2. The largest absolute Gasteiger partial charge is 0.294 e. The number of rotatable bonds is 2. The maximum Gasteiger partial charge on any atom is 0.246 e. The van der Waals surface area contributed by atoms with E-state index in [0.717, 1.165) is 0 Å². The summed E-state index contributed by atoms with van der Waals surface area (Å²) in [5.41, 5.74) is -0.0927. The number of amides is 2. The molecule has 2 heterocycles. The highest BCUT2D eigenvalue weighted by Gasteiger charge is 2.40. The van der Waals surface area contributed by atoms with Crippen LogP contribution in [0.3, 0.4) is 0 Å². The molecule has 1 aliphatic rings. The van der Waals surface area contributed by atoms with Gasteiger partial charge in [0, 0.05) is 6.54 Å². The second-order valence-electron chi connectivity index (χ2n) is 4.62. The second-order valence-corrected chi connectivity index (χ2v) is 5.01. The summed E-state index contributed by atoms with van der Waals surface area (Å²) in [7, 11) is 0. The van der Waals surface area contributed by atoms with Gasteiger partial charge >= 0.3 is 0 Å². The van der Waals surface area contributed by atoms with E-state index in [-0.39, 0.29) is 18.4 Å². The Morgan fingerprint density at radius 2 is 2.11 bits per heavy atom. The molecule has 1 saturated heterocycles. The van der Waals surface area contributed by atoms with Gasteiger partial charge in [-0.2, -0.15) is 0 Å². The van der Waals surface area contributed by atoms with Crippen LogP contribution in [-0.2, 0) is 16.1 Å². The molecule has 0 radical (unpaired) electrons. The lowest BCUT2D eigenvalue weighted by atomic mass is 9.98. The molecule has 0 aromatic carbocycles. The van der Waals surface area contributed by atoms with Crippen molar-refractivity contribution >= 4 is 23.4 Å². The zero-order chi connectivity index (χ0) is 13.3. The van der Waals surface area contributed by atoms with Gasteiger partial charge in [-0.15, -0.1) is 0 Å². The van der Waals surface area contributed by atoms with E-state index in [1.165, 1.54) is 12.4 Å². The Bertz CT molecular complexity index is 486. The molecule has 18 heavy (non-hydrogen) atoms. The maximum atomic E-state index is 11.8. The van der Waals surface area contributed by atoms with Crippen LogP contribution in [0.15, 0.2) is 12.4 Å². The predicted molar refractivity (Wildman–Crippen MR) is 64.7 cm³/mol. The van der Waals surface area contributed by atoms with Gasteiger partial charge in [0.05, 0.1) is 30.2 Å². The van der Waals surface area contributed by atoms with Gasteiger partial charge in [-0.3, -0.25) is 24.8 Å². The van der Waals surface area contributed by atoms with E-state index >= 15 is 0 Å². The first-order chi connectivity index (χ1) is 8.39. The Kier molecular flexibility index (Phi) is 3.32. The molecule has 96 valence electrons. The molecule has 0 aliphatic carbocycles. The number of hydrogen-bond acceptors (Lipinski definition) is 5. The average Bonchev–Trinajstić information content (AvgIpc) is 2.29. The molecule has 1 aliphatic heterocycles. The molecule has 1 aromatic heterocycles. The molecule has 0 unspecified atom stereocenters. The van der Waals surface area contributed by atoms with E-state index in [0.29, 0.717) is 17.4 Å². The third-order valence-corrected chi connectivity index (χ3v) is 3.16. The van der Waals surface area contributed by atoms with Crippen molar-refractivity contribution in [2.24, 2.45) is 0 Å². The Labute approximate surface area is 109 Å². The third kappa shape index (κ3) is 2.49. The summed E-state index contributed by atoms with van der Waals surface area (Å²) in [6, 6.07) is 0. The van der Waals surface area contributed by atoms with Crippen molar-refractivity contribution in [3.8, 4) is 0 Å². The summed E-state index contributed by atoms with van der Waals surface area (Å²) in [6.45, 7) is 4.05. The van der Waals surface area contributed by atoms with Crippen LogP contribution >= 0.6 is 11.6 Å². The standard InChI is InChI=1S/C11H13ClN4O2/c1-11(2)10(18)15-9(17)6-16(11)5-7-3-14-8(12)4-13-7/h3-4H,5-6H2,1-2H3,(H,15,17,18). The average molecular weight is 269 g/mol. The fourth-order valence-corrected chi connectivity index (χ4v) is 1.80.